The number of carbonyl (C=O) groups excluding carboxylic acids is 2. The average molecular weight is 543 g/mol. The van der Waals surface area contributed by atoms with Crippen LogP contribution in [0.3, 0.4) is 0 Å². The van der Waals surface area contributed by atoms with Crippen LogP contribution in [0.1, 0.15) is 61.6 Å². The summed E-state index contributed by atoms with van der Waals surface area (Å²) in [4.78, 5) is 31.1. The van der Waals surface area contributed by atoms with E-state index in [1.165, 1.54) is 4.68 Å². The molecule has 1 saturated carbocycles. The molecule has 3 aromatic rings. The summed E-state index contributed by atoms with van der Waals surface area (Å²) in [7, 11) is 0. The Morgan fingerprint density at radius 1 is 1.10 bits per heavy atom. The van der Waals surface area contributed by atoms with E-state index in [-0.39, 0.29) is 31.1 Å². The normalized spacial score (nSPS) is 16.4. The van der Waals surface area contributed by atoms with Crippen molar-refractivity contribution in [2.24, 2.45) is 5.11 Å². The Labute approximate surface area is 233 Å². The first-order valence-corrected chi connectivity index (χ1v) is 13.7. The van der Waals surface area contributed by atoms with Gasteiger partial charge in [-0.3, -0.25) is 4.79 Å². The van der Waals surface area contributed by atoms with E-state index in [2.05, 4.69) is 20.0 Å². The lowest BCUT2D eigenvalue weighted by molar-refractivity contribution is 0.0513. The van der Waals surface area contributed by atoms with Gasteiger partial charge < -0.3 is 14.4 Å². The first kappa shape index (κ1) is 27.3. The molecule has 1 aromatic heterocycles. The third-order valence-corrected chi connectivity index (χ3v) is 7.04. The zero-order chi connectivity index (χ0) is 28.3. The molecule has 10 nitrogen and oxygen atoms in total. The third-order valence-electron chi connectivity index (χ3n) is 7.04. The van der Waals surface area contributed by atoms with Crippen LogP contribution in [-0.4, -0.2) is 57.5 Å². The lowest BCUT2D eigenvalue weighted by Gasteiger charge is -2.34. The summed E-state index contributed by atoms with van der Waals surface area (Å²) >= 11 is 0. The maximum Gasteiger partial charge on any atom is 0.435 e. The molecule has 0 aliphatic heterocycles. The van der Waals surface area contributed by atoms with Crippen LogP contribution in [0.15, 0.2) is 59.8 Å². The summed E-state index contributed by atoms with van der Waals surface area (Å²) in [6.45, 7) is 6.03. The standard InChI is InChI=1S/C30H34N6O4/c1-30(2,3)40-29(38)35-19-22-18-24(14-15-26(22)33-35)36(23-12-13-23)28(37)21-10-8-20(9-11-21)25-6-4-5-7-27(25)39-17-16-32-34-31/h4-11,19,23-24H,12-18H2,1-3H3. The van der Waals surface area contributed by atoms with Crippen LogP contribution < -0.4 is 4.74 Å². The van der Waals surface area contributed by atoms with Crippen LogP contribution in [0, 0.1) is 0 Å². The summed E-state index contributed by atoms with van der Waals surface area (Å²) in [5.74, 6) is 0.722. The van der Waals surface area contributed by atoms with Crippen molar-refractivity contribution in [2.75, 3.05) is 13.2 Å². The number of aromatic nitrogens is 2. The zero-order valence-corrected chi connectivity index (χ0v) is 23.1. The number of hydrogen-bond acceptors (Lipinski definition) is 6. The van der Waals surface area contributed by atoms with Gasteiger partial charge in [0.25, 0.3) is 5.91 Å². The predicted octanol–water partition coefficient (Wildman–Crippen LogP) is 6.18. The van der Waals surface area contributed by atoms with E-state index >= 15 is 0 Å². The molecule has 1 heterocycles. The number of benzene rings is 2. The van der Waals surface area contributed by atoms with Crippen molar-refractivity contribution < 1.29 is 19.1 Å². The quantitative estimate of drug-likeness (QED) is 0.145. The molecule has 0 spiro atoms. The van der Waals surface area contributed by atoms with Gasteiger partial charge in [0.05, 0.1) is 18.8 Å². The number of azide groups is 1. The second-order valence-corrected chi connectivity index (χ2v) is 11.2. The maximum absolute atomic E-state index is 13.8. The van der Waals surface area contributed by atoms with Gasteiger partial charge in [0.1, 0.15) is 11.4 Å². The zero-order valence-electron chi connectivity index (χ0n) is 23.1. The number of nitrogens with zero attached hydrogens (tertiary/aromatic N) is 6. The highest BCUT2D eigenvalue weighted by atomic mass is 16.6. The molecule has 1 fully saturated rings. The minimum absolute atomic E-state index is 0.0286. The summed E-state index contributed by atoms with van der Waals surface area (Å²) in [5.41, 5.74) is 12.3. The number of para-hydroxylation sites is 1. The van der Waals surface area contributed by atoms with Crippen molar-refractivity contribution >= 4 is 12.0 Å². The van der Waals surface area contributed by atoms with Crippen LogP contribution in [0.4, 0.5) is 4.79 Å². The molecular formula is C30H34N6O4. The summed E-state index contributed by atoms with van der Waals surface area (Å²) in [6, 6.07) is 15.6. The Balaban J connectivity index is 1.30. The van der Waals surface area contributed by atoms with Crippen molar-refractivity contribution in [1.82, 2.24) is 14.7 Å². The lowest BCUT2D eigenvalue weighted by atomic mass is 9.91. The molecule has 2 aromatic carbocycles. The monoisotopic (exact) mass is 542 g/mol. The molecule has 1 atom stereocenters. The van der Waals surface area contributed by atoms with Gasteiger partial charge in [0.15, 0.2) is 0 Å². The van der Waals surface area contributed by atoms with Gasteiger partial charge in [0.2, 0.25) is 0 Å². The Kier molecular flexibility index (Phi) is 7.80. The minimum atomic E-state index is -0.598. The maximum atomic E-state index is 13.8. The fourth-order valence-electron chi connectivity index (χ4n) is 5.12. The number of fused-ring (bicyclic) bond motifs is 1. The van der Waals surface area contributed by atoms with E-state index in [0.717, 1.165) is 41.6 Å². The van der Waals surface area contributed by atoms with E-state index in [9.17, 15) is 9.59 Å². The second-order valence-electron chi connectivity index (χ2n) is 11.2. The van der Waals surface area contributed by atoms with Crippen molar-refractivity contribution in [1.29, 1.82) is 0 Å². The summed E-state index contributed by atoms with van der Waals surface area (Å²) in [5, 5.41) is 7.99. The third kappa shape index (κ3) is 6.29. The van der Waals surface area contributed by atoms with Crippen LogP contribution >= 0.6 is 0 Å². The Morgan fingerprint density at radius 3 is 2.55 bits per heavy atom. The van der Waals surface area contributed by atoms with E-state index in [4.69, 9.17) is 15.0 Å². The molecule has 5 rings (SSSR count). The molecule has 0 radical (unpaired) electrons. The SMILES string of the molecule is CC(C)(C)OC(=O)n1cc2c(n1)CCC(N(C(=O)c1ccc(-c3ccccc3OCCN=[N+]=[N-])cc1)C1CC1)C2. The molecule has 0 bridgehead atoms. The van der Waals surface area contributed by atoms with Crippen molar-refractivity contribution in [3.8, 4) is 16.9 Å². The molecule has 10 heteroatoms. The first-order chi connectivity index (χ1) is 19.2. The van der Waals surface area contributed by atoms with Gasteiger partial charge in [-0.25, -0.2) is 4.79 Å². The molecule has 0 saturated heterocycles. The van der Waals surface area contributed by atoms with Crippen molar-refractivity contribution in [2.45, 2.75) is 70.6 Å². The first-order valence-electron chi connectivity index (χ1n) is 13.7. The van der Waals surface area contributed by atoms with Gasteiger partial charge >= 0.3 is 6.09 Å². The number of hydrogen-bond donors (Lipinski definition) is 0. The van der Waals surface area contributed by atoms with Gasteiger partial charge in [-0.1, -0.05) is 35.4 Å². The number of ether oxygens (including phenoxy) is 2. The fourth-order valence-corrected chi connectivity index (χ4v) is 5.12. The van der Waals surface area contributed by atoms with E-state index < -0.39 is 11.7 Å². The second kappa shape index (κ2) is 11.4. The van der Waals surface area contributed by atoms with E-state index in [1.807, 2.05) is 69.3 Å². The largest absolute Gasteiger partial charge is 0.493 e. The summed E-state index contributed by atoms with van der Waals surface area (Å²) < 4.78 is 12.6. The van der Waals surface area contributed by atoms with Crippen LogP contribution in [0.5, 0.6) is 5.75 Å². The molecule has 2 aliphatic rings. The Morgan fingerprint density at radius 2 is 1.85 bits per heavy atom. The van der Waals surface area contributed by atoms with Gasteiger partial charge in [-0.05, 0) is 87.7 Å². The molecule has 1 amide bonds. The molecule has 2 aliphatic carbocycles. The van der Waals surface area contributed by atoms with Crippen LogP contribution in [-0.2, 0) is 17.6 Å². The molecular weight excluding hydrogens is 508 g/mol. The van der Waals surface area contributed by atoms with Crippen molar-refractivity contribution in [3.63, 3.8) is 0 Å². The average Bonchev–Trinajstić information content (AvgIpc) is 3.67. The number of amides is 1. The minimum Gasteiger partial charge on any atom is -0.493 e. The van der Waals surface area contributed by atoms with Gasteiger partial charge in [-0.15, -0.1) is 0 Å². The molecule has 1 unspecified atom stereocenters. The van der Waals surface area contributed by atoms with Gasteiger partial charge in [-0.2, -0.15) is 9.78 Å². The smallest absolute Gasteiger partial charge is 0.435 e. The highest BCUT2D eigenvalue weighted by molar-refractivity contribution is 5.95. The van der Waals surface area contributed by atoms with E-state index in [1.54, 1.807) is 6.20 Å². The van der Waals surface area contributed by atoms with Crippen molar-refractivity contribution in [3.05, 3.63) is 82.0 Å². The topological polar surface area (TPSA) is 122 Å². The van der Waals surface area contributed by atoms with Crippen LogP contribution in [0.25, 0.3) is 21.6 Å². The van der Waals surface area contributed by atoms with Crippen LogP contribution in [0.2, 0.25) is 0 Å². The number of carbonyl (C=O) groups is 2. The van der Waals surface area contributed by atoms with E-state index in [0.29, 0.717) is 24.2 Å². The number of rotatable bonds is 8. The fraction of sp³-hybridized carbons (Fsp3) is 0.433. The highest BCUT2D eigenvalue weighted by Gasteiger charge is 2.39. The molecule has 40 heavy (non-hydrogen) atoms. The molecule has 208 valence electrons. The number of aryl methyl sites for hydroxylation is 1. The Hall–Kier alpha value is -4.30. The highest BCUT2D eigenvalue weighted by Crippen LogP contribution is 2.36. The van der Waals surface area contributed by atoms with Gasteiger partial charge in [0, 0.05) is 34.3 Å². The predicted molar refractivity (Wildman–Crippen MR) is 150 cm³/mol. The summed E-state index contributed by atoms with van der Waals surface area (Å²) in [6.07, 6.45) is 5.46. The Bertz CT molecular complexity index is 1430. The molecule has 0 N–H and O–H groups in total. The lowest BCUT2D eigenvalue weighted by Crippen LogP contribution is -2.44.